The SMILES string of the molecule is CCCOc1ccc(N2C(=O)[C@@H]3[C@H](ON(c4ccccc4)[C@@H]3c3ccncc3)C2=O)cc1. The van der Waals surface area contributed by atoms with E-state index in [4.69, 9.17) is 9.57 Å². The van der Waals surface area contributed by atoms with Crippen molar-refractivity contribution in [2.75, 3.05) is 16.6 Å². The van der Waals surface area contributed by atoms with Gasteiger partial charge in [-0.05, 0) is 60.5 Å². The summed E-state index contributed by atoms with van der Waals surface area (Å²) in [6.07, 6.45) is 3.37. The fourth-order valence-electron chi connectivity index (χ4n) is 4.28. The first-order valence-corrected chi connectivity index (χ1v) is 10.7. The van der Waals surface area contributed by atoms with Gasteiger partial charge in [-0.1, -0.05) is 25.1 Å². The number of para-hydroxylation sites is 1. The van der Waals surface area contributed by atoms with Crippen LogP contribution in [0.2, 0.25) is 0 Å². The Labute approximate surface area is 186 Å². The molecule has 2 fully saturated rings. The van der Waals surface area contributed by atoms with Crippen LogP contribution >= 0.6 is 0 Å². The second kappa shape index (κ2) is 8.43. The van der Waals surface area contributed by atoms with Gasteiger partial charge >= 0.3 is 0 Å². The van der Waals surface area contributed by atoms with Crippen LogP contribution in [0.1, 0.15) is 24.9 Å². The summed E-state index contributed by atoms with van der Waals surface area (Å²) in [6, 6.07) is 19.8. The predicted molar refractivity (Wildman–Crippen MR) is 119 cm³/mol. The predicted octanol–water partition coefficient (Wildman–Crippen LogP) is 3.92. The van der Waals surface area contributed by atoms with Crippen molar-refractivity contribution in [3.8, 4) is 5.75 Å². The Morgan fingerprint density at radius 2 is 1.62 bits per heavy atom. The van der Waals surface area contributed by atoms with Gasteiger partial charge in [-0.25, -0.2) is 9.96 Å². The minimum absolute atomic E-state index is 0.275. The van der Waals surface area contributed by atoms with Gasteiger partial charge in [0.1, 0.15) is 11.7 Å². The molecule has 2 saturated heterocycles. The molecule has 162 valence electrons. The van der Waals surface area contributed by atoms with E-state index in [1.807, 2.05) is 49.4 Å². The zero-order valence-electron chi connectivity index (χ0n) is 17.6. The fraction of sp³-hybridized carbons (Fsp3) is 0.240. The number of hydroxylamine groups is 1. The van der Waals surface area contributed by atoms with E-state index in [9.17, 15) is 9.59 Å². The van der Waals surface area contributed by atoms with Crippen LogP contribution in [0.25, 0.3) is 0 Å². The highest BCUT2D eigenvalue weighted by Gasteiger charge is 2.60. The molecule has 3 atom stereocenters. The summed E-state index contributed by atoms with van der Waals surface area (Å²) < 4.78 is 5.61. The molecule has 0 saturated carbocycles. The highest BCUT2D eigenvalue weighted by Crippen LogP contribution is 2.47. The summed E-state index contributed by atoms with van der Waals surface area (Å²) >= 11 is 0. The summed E-state index contributed by atoms with van der Waals surface area (Å²) in [6.45, 7) is 2.65. The maximum Gasteiger partial charge on any atom is 0.266 e. The summed E-state index contributed by atoms with van der Waals surface area (Å²) in [4.78, 5) is 38.3. The molecule has 2 aliphatic rings. The Morgan fingerprint density at radius 3 is 2.31 bits per heavy atom. The first-order chi connectivity index (χ1) is 15.7. The number of pyridine rings is 1. The first kappa shape index (κ1) is 20.2. The molecule has 2 aliphatic heterocycles. The van der Waals surface area contributed by atoms with Gasteiger partial charge in [-0.2, -0.15) is 0 Å². The largest absolute Gasteiger partial charge is 0.494 e. The van der Waals surface area contributed by atoms with Crippen molar-refractivity contribution in [2.24, 2.45) is 5.92 Å². The van der Waals surface area contributed by atoms with Crippen LogP contribution in [0.5, 0.6) is 5.75 Å². The van der Waals surface area contributed by atoms with Gasteiger partial charge in [-0.15, -0.1) is 0 Å². The first-order valence-electron chi connectivity index (χ1n) is 10.7. The molecule has 3 heterocycles. The number of rotatable bonds is 6. The Balaban J connectivity index is 1.49. The van der Waals surface area contributed by atoms with Crippen LogP contribution in [0.15, 0.2) is 79.1 Å². The second-order valence-corrected chi connectivity index (χ2v) is 7.79. The molecular weight excluding hydrogens is 406 g/mol. The lowest BCUT2D eigenvalue weighted by Crippen LogP contribution is -2.37. The van der Waals surface area contributed by atoms with Crippen molar-refractivity contribution < 1.29 is 19.2 Å². The molecule has 5 rings (SSSR count). The Morgan fingerprint density at radius 1 is 0.906 bits per heavy atom. The Kier molecular flexibility index (Phi) is 5.33. The number of imide groups is 1. The lowest BCUT2D eigenvalue weighted by atomic mass is 9.91. The zero-order chi connectivity index (χ0) is 22.1. The molecule has 3 aromatic rings. The van der Waals surface area contributed by atoms with E-state index in [0.29, 0.717) is 18.0 Å². The molecule has 0 N–H and O–H groups in total. The molecule has 32 heavy (non-hydrogen) atoms. The van der Waals surface area contributed by atoms with E-state index < -0.39 is 18.1 Å². The van der Waals surface area contributed by atoms with Gasteiger partial charge in [-0.3, -0.25) is 19.4 Å². The van der Waals surface area contributed by atoms with Gasteiger partial charge in [0, 0.05) is 12.4 Å². The second-order valence-electron chi connectivity index (χ2n) is 7.79. The average Bonchev–Trinajstić information content (AvgIpc) is 3.35. The lowest BCUT2D eigenvalue weighted by Gasteiger charge is -2.28. The maximum absolute atomic E-state index is 13.6. The van der Waals surface area contributed by atoms with Crippen molar-refractivity contribution in [1.29, 1.82) is 0 Å². The summed E-state index contributed by atoms with van der Waals surface area (Å²) in [7, 11) is 0. The van der Waals surface area contributed by atoms with Crippen LogP contribution in [-0.2, 0) is 14.4 Å². The van der Waals surface area contributed by atoms with Crippen molar-refractivity contribution in [3.63, 3.8) is 0 Å². The number of hydrogen-bond donors (Lipinski definition) is 0. The number of benzene rings is 2. The molecule has 0 radical (unpaired) electrons. The topological polar surface area (TPSA) is 72.0 Å². The van der Waals surface area contributed by atoms with E-state index in [1.165, 1.54) is 4.90 Å². The average molecular weight is 429 g/mol. The van der Waals surface area contributed by atoms with Crippen molar-refractivity contribution in [3.05, 3.63) is 84.7 Å². The minimum Gasteiger partial charge on any atom is -0.494 e. The maximum atomic E-state index is 13.6. The van der Waals surface area contributed by atoms with Crippen LogP contribution in [0.4, 0.5) is 11.4 Å². The minimum atomic E-state index is -0.892. The van der Waals surface area contributed by atoms with Crippen molar-refractivity contribution in [1.82, 2.24) is 4.98 Å². The van der Waals surface area contributed by atoms with Crippen LogP contribution in [-0.4, -0.2) is 29.5 Å². The summed E-state index contributed by atoms with van der Waals surface area (Å²) in [5, 5.41) is 1.68. The van der Waals surface area contributed by atoms with E-state index in [-0.39, 0.29) is 11.8 Å². The molecule has 2 amide bonds. The number of hydrogen-bond acceptors (Lipinski definition) is 6. The molecule has 0 bridgehead atoms. The van der Waals surface area contributed by atoms with E-state index in [1.54, 1.807) is 41.7 Å². The molecular formula is C25H23N3O4. The highest BCUT2D eigenvalue weighted by atomic mass is 16.7. The molecule has 0 unspecified atom stereocenters. The van der Waals surface area contributed by atoms with Crippen molar-refractivity contribution in [2.45, 2.75) is 25.5 Å². The third-order valence-corrected chi connectivity index (χ3v) is 5.74. The van der Waals surface area contributed by atoms with Gasteiger partial charge in [0.25, 0.3) is 5.91 Å². The quantitative estimate of drug-likeness (QED) is 0.553. The van der Waals surface area contributed by atoms with E-state index in [2.05, 4.69) is 4.98 Å². The van der Waals surface area contributed by atoms with Crippen molar-refractivity contribution >= 4 is 23.2 Å². The number of carbonyl (C=O) groups excluding carboxylic acids is 2. The fourth-order valence-corrected chi connectivity index (χ4v) is 4.28. The third kappa shape index (κ3) is 3.40. The molecule has 2 aromatic carbocycles. The number of ether oxygens (including phenoxy) is 1. The van der Waals surface area contributed by atoms with Gasteiger partial charge in [0.05, 0.1) is 24.0 Å². The monoisotopic (exact) mass is 429 g/mol. The molecule has 7 heteroatoms. The Hall–Kier alpha value is -3.71. The number of fused-ring (bicyclic) bond motifs is 1. The van der Waals surface area contributed by atoms with Gasteiger partial charge < -0.3 is 4.74 Å². The number of amides is 2. The summed E-state index contributed by atoms with van der Waals surface area (Å²) in [5.74, 6) is -0.598. The number of carbonyl (C=O) groups is 2. The van der Waals surface area contributed by atoms with Crippen LogP contribution in [0, 0.1) is 5.92 Å². The van der Waals surface area contributed by atoms with Crippen LogP contribution < -0.4 is 14.7 Å². The molecule has 0 aliphatic carbocycles. The third-order valence-electron chi connectivity index (χ3n) is 5.74. The number of anilines is 2. The standard InChI is InChI=1S/C25H23N3O4/c1-2-16-31-20-10-8-18(9-11-20)27-24(29)21-22(17-12-14-26-15-13-17)28(32-23(21)25(27)30)19-6-4-3-5-7-19/h3-15,21-23H,2,16H2,1H3/t21-,22+,23-/m0/s1. The number of aromatic nitrogens is 1. The lowest BCUT2D eigenvalue weighted by molar-refractivity contribution is -0.126. The number of nitrogens with zero attached hydrogens (tertiary/aromatic N) is 3. The zero-order valence-corrected chi connectivity index (χ0v) is 17.6. The van der Waals surface area contributed by atoms with Gasteiger partial charge in [0.2, 0.25) is 5.91 Å². The van der Waals surface area contributed by atoms with E-state index in [0.717, 1.165) is 17.7 Å². The highest BCUT2D eigenvalue weighted by molar-refractivity contribution is 6.23. The normalized spacial score (nSPS) is 22.3. The molecule has 0 spiro atoms. The smallest absolute Gasteiger partial charge is 0.266 e. The van der Waals surface area contributed by atoms with Crippen LogP contribution in [0.3, 0.4) is 0 Å². The van der Waals surface area contributed by atoms with Gasteiger partial charge in [0.15, 0.2) is 6.10 Å². The van der Waals surface area contributed by atoms with E-state index >= 15 is 0 Å². The summed E-state index contributed by atoms with van der Waals surface area (Å²) in [5.41, 5.74) is 2.16. The molecule has 1 aromatic heterocycles. The molecule has 7 nitrogen and oxygen atoms in total. The Bertz CT molecular complexity index is 1110.